The van der Waals surface area contributed by atoms with E-state index in [1.165, 1.54) is 87.0 Å². The van der Waals surface area contributed by atoms with E-state index in [0.717, 1.165) is 17.8 Å². The van der Waals surface area contributed by atoms with E-state index < -0.39 is 0 Å². The molecule has 2 heterocycles. The Morgan fingerprint density at radius 1 is 0.596 bits per heavy atom. The van der Waals surface area contributed by atoms with E-state index in [4.69, 9.17) is 4.98 Å². The molecule has 47 heavy (non-hydrogen) atoms. The number of aryl methyl sites for hydroxylation is 1. The van der Waals surface area contributed by atoms with Crippen LogP contribution in [0.5, 0.6) is 0 Å². The molecule has 7 aromatic carbocycles. The van der Waals surface area contributed by atoms with Crippen molar-refractivity contribution in [3.05, 3.63) is 144 Å². The van der Waals surface area contributed by atoms with E-state index in [2.05, 4.69) is 153 Å². The van der Waals surface area contributed by atoms with Gasteiger partial charge in [-0.2, -0.15) is 0 Å². The van der Waals surface area contributed by atoms with Crippen molar-refractivity contribution < 1.29 is 0 Å². The number of hydrogen-bond acceptors (Lipinski definition) is 2. The number of para-hydroxylation sites is 1. The summed E-state index contributed by atoms with van der Waals surface area (Å²) in [5.41, 5.74) is 14.1. The zero-order chi connectivity index (χ0) is 31.4. The topological polar surface area (TPSA) is 17.8 Å². The number of aromatic nitrogens is 2. The summed E-state index contributed by atoms with van der Waals surface area (Å²) < 4.78 is 2.41. The van der Waals surface area contributed by atoms with Crippen LogP contribution in [0.25, 0.3) is 71.6 Å². The lowest BCUT2D eigenvalue weighted by molar-refractivity contribution is 0.660. The first kappa shape index (κ1) is 27.0. The molecule has 1 aliphatic carbocycles. The zero-order valence-corrected chi connectivity index (χ0v) is 27.5. The van der Waals surface area contributed by atoms with Gasteiger partial charge in [-0.1, -0.05) is 130 Å². The van der Waals surface area contributed by atoms with E-state index >= 15 is 0 Å². The fourth-order valence-corrected chi connectivity index (χ4v) is 9.45. The molecule has 0 atom stereocenters. The molecular formula is C44H32N2S. The normalized spacial score (nSPS) is 14.0. The van der Waals surface area contributed by atoms with Crippen LogP contribution in [0.15, 0.2) is 137 Å². The molecule has 224 valence electrons. The van der Waals surface area contributed by atoms with Crippen LogP contribution in [-0.4, -0.2) is 9.55 Å². The van der Waals surface area contributed by atoms with Gasteiger partial charge in [-0.3, -0.25) is 4.57 Å². The van der Waals surface area contributed by atoms with Gasteiger partial charge < -0.3 is 0 Å². The highest BCUT2D eigenvalue weighted by atomic mass is 32.2. The minimum absolute atomic E-state index is 0.0523. The van der Waals surface area contributed by atoms with Crippen molar-refractivity contribution in [3.8, 4) is 39.1 Å². The second kappa shape index (κ2) is 9.70. The first-order valence-electron chi connectivity index (χ1n) is 16.5. The highest BCUT2D eigenvalue weighted by Crippen LogP contribution is 2.52. The third-order valence-corrected chi connectivity index (χ3v) is 11.7. The van der Waals surface area contributed by atoms with Crippen molar-refractivity contribution in [2.45, 2.75) is 42.4 Å². The van der Waals surface area contributed by atoms with Crippen molar-refractivity contribution in [2.24, 2.45) is 0 Å². The van der Waals surface area contributed by atoms with Crippen LogP contribution in [0.3, 0.4) is 0 Å². The van der Waals surface area contributed by atoms with Gasteiger partial charge >= 0.3 is 0 Å². The maximum Gasteiger partial charge on any atom is 0.114 e. The Bertz CT molecular complexity index is 2570. The van der Waals surface area contributed by atoms with Crippen LogP contribution in [0.4, 0.5) is 0 Å². The Morgan fingerprint density at radius 2 is 1.21 bits per heavy atom. The molecule has 8 aromatic rings. The van der Waals surface area contributed by atoms with Crippen molar-refractivity contribution in [3.63, 3.8) is 0 Å². The number of fused-ring (bicyclic) bond motifs is 7. The van der Waals surface area contributed by atoms with Crippen LogP contribution in [0.2, 0.25) is 0 Å². The Labute approximate surface area is 278 Å². The van der Waals surface area contributed by atoms with Crippen molar-refractivity contribution >= 4 is 44.3 Å². The van der Waals surface area contributed by atoms with Crippen molar-refractivity contribution in [2.75, 3.05) is 0 Å². The lowest BCUT2D eigenvalue weighted by Gasteiger charge is -2.23. The lowest BCUT2D eigenvalue weighted by atomic mass is 9.80. The average Bonchev–Trinajstić information content (AvgIpc) is 3.60. The van der Waals surface area contributed by atoms with Crippen LogP contribution in [-0.2, 0) is 11.8 Å². The standard InChI is InChI=1S/C44H32N2S/c1-4-40-45-36-18-11-19-39-43(36)46(40)37-25-27(21-23-38(37)47-39)42-32-15-7-5-13-30(32)41(31-14-6-8-16-33(31)42)26-20-22-29-28-12-9-10-17-34(28)44(2,3)35(29)24-26/h5-25H,4H2,1-3H3. The molecule has 0 radical (unpaired) electrons. The molecule has 0 unspecified atom stereocenters. The molecule has 0 saturated heterocycles. The van der Waals surface area contributed by atoms with Gasteiger partial charge in [-0.05, 0) is 96.4 Å². The third-order valence-electron chi connectivity index (χ3n) is 10.5. The summed E-state index contributed by atoms with van der Waals surface area (Å²) >= 11 is 1.85. The SMILES string of the molecule is CCc1nc2cccc3c2n1-c1cc(-c2c4ccccc4c(-c4ccc5c(c4)C(C)(C)c4ccccc4-5)c4ccccc24)ccc1S3. The number of imidazole rings is 1. The molecule has 2 aliphatic rings. The first-order chi connectivity index (χ1) is 23.0. The fourth-order valence-electron chi connectivity index (χ4n) is 8.39. The van der Waals surface area contributed by atoms with Gasteiger partial charge in [0.2, 0.25) is 0 Å². The Kier molecular flexibility index (Phi) is 5.58. The largest absolute Gasteiger partial charge is 0.294 e. The maximum absolute atomic E-state index is 5.05. The monoisotopic (exact) mass is 620 g/mol. The number of benzene rings is 7. The highest BCUT2D eigenvalue weighted by Gasteiger charge is 2.35. The summed E-state index contributed by atoms with van der Waals surface area (Å²) in [7, 11) is 0. The van der Waals surface area contributed by atoms with E-state index in [-0.39, 0.29) is 5.41 Å². The van der Waals surface area contributed by atoms with Crippen LogP contribution in [0.1, 0.15) is 37.7 Å². The first-order valence-corrected chi connectivity index (χ1v) is 17.4. The van der Waals surface area contributed by atoms with Crippen molar-refractivity contribution in [1.82, 2.24) is 9.55 Å². The molecule has 1 aliphatic heterocycles. The number of rotatable bonds is 3. The molecule has 0 fully saturated rings. The van der Waals surface area contributed by atoms with Crippen LogP contribution < -0.4 is 0 Å². The Hall–Kier alpha value is -5.12. The van der Waals surface area contributed by atoms with Crippen LogP contribution in [0, 0.1) is 0 Å². The van der Waals surface area contributed by atoms with E-state index in [1.54, 1.807) is 0 Å². The fraction of sp³-hybridized carbons (Fsp3) is 0.114. The minimum atomic E-state index is -0.0523. The molecule has 0 amide bonds. The summed E-state index contributed by atoms with van der Waals surface area (Å²) in [5, 5.41) is 5.12. The van der Waals surface area contributed by atoms with Gasteiger partial charge in [0.25, 0.3) is 0 Å². The maximum atomic E-state index is 5.05. The third kappa shape index (κ3) is 3.66. The number of nitrogens with zero attached hydrogens (tertiary/aromatic N) is 2. The summed E-state index contributed by atoms with van der Waals surface area (Å²) in [5.74, 6) is 1.11. The molecule has 0 saturated carbocycles. The lowest BCUT2D eigenvalue weighted by Crippen LogP contribution is -2.14. The smallest absolute Gasteiger partial charge is 0.114 e. The molecule has 3 heteroatoms. The van der Waals surface area contributed by atoms with Crippen LogP contribution >= 0.6 is 11.8 Å². The van der Waals surface area contributed by atoms with Gasteiger partial charge in [0.15, 0.2) is 0 Å². The average molecular weight is 621 g/mol. The minimum Gasteiger partial charge on any atom is -0.294 e. The van der Waals surface area contributed by atoms with E-state index in [9.17, 15) is 0 Å². The molecule has 1 aromatic heterocycles. The predicted octanol–water partition coefficient (Wildman–Crippen LogP) is 12.0. The van der Waals surface area contributed by atoms with E-state index in [0.29, 0.717) is 0 Å². The van der Waals surface area contributed by atoms with Gasteiger partial charge in [0, 0.05) is 21.6 Å². The highest BCUT2D eigenvalue weighted by molar-refractivity contribution is 7.99. The summed E-state index contributed by atoms with van der Waals surface area (Å²) in [6.45, 7) is 6.94. The van der Waals surface area contributed by atoms with Gasteiger partial charge in [0.1, 0.15) is 5.82 Å². The summed E-state index contributed by atoms with van der Waals surface area (Å²) in [4.78, 5) is 7.59. The molecular weight excluding hydrogens is 589 g/mol. The predicted molar refractivity (Wildman–Crippen MR) is 198 cm³/mol. The second-order valence-corrected chi connectivity index (χ2v) is 14.5. The van der Waals surface area contributed by atoms with Gasteiger partial charge in [0.05, 0.1) is 16.7 Å². The quantitative estimate of drug-likeness (QED) is 0.183. The molecule has 0 spiro atoms. The van der Waals surface area contributed by atoms with E-state index in [1.807, 2.05) is 11.8 Å². The number of hydrogen-bond donors (Lipinski definition) is 0. The summed E-state index contributed by atoms with van der Waals surface area (Å²) in [6, 6.07) is 47.6. The Balaban J connectivity index is 1.23. The summed E-state index contributed by atoms with van der Waals surface area (Å²) in [6.07, 6.45) is 0.881. The molecule has 2 nitrogen and oxygen atoms in total. The Morgan fingerprint density at radius 3 is 1.91 bits per heavy atom. The molecule has 0 bridgehead atoms. The van der Waals surface area contributed by atoms with Gasteiger partial charge in [-0.25, -0.2) is 4.98 Å². The van der Waals surface area contributed by atoms with Gasteiger partial charge in [-0.15, -0.1) is 0 Å². The van der Waals surface area contributed by atoms with Crippen molar-refractivity contribution in [1.29, 1.82) is 0 Å². The molecule has 0 N–H and O–H groups in total. The second-order valence-electron chi connectivity index (χ2n) is 13.4. The molecule has 10 rings (SSSR count). The zero-order valence-electron chi connectivity index (χ0n) is 26.6.